The van der Waals surface area contributed by atoms with Gasteiger partial charge in [0.25, 0.3) is 0 Å². The molecule has 1 aliphatic rings. The second-order valence-corrected chi connectivity index (χ2v) is 7.50. The van der Waals surface area contributed by atoms with Gasteiger partial charge in [-0.3, -0.25) is 4.57 Å². The zero-order valence-corrected chi connectivity index (χ0v) is 16.2. The van der Waals surface area contributed by atoms with Gasteiger partial charge in [-0.15, -0.1) is 0 Å². The van der Waals surface area contributed by atoms with Gasteiger partial charge in [0.15, 0.2) is 0 Å². The first-order valence-corrected chi connectivity index (χ1v) is 9.69. The number of benzene rings is 3. The van der Waals surface area contributed by atoms with E-state index in [0.29, 0.717) is 0 Å². The molecule has 1 unspecified atom stereocenters. The third-order valence-electron chi connectivity index (χ3n) is 5.06. The first-order chi connectivity index (χ1) is 13.7. The predicted molar refractivity (Wildman–Crippen MR) is 115 cm³/mol. The van der Waals surface area contributed by atoms with Crippen molar-refractivity contribution in [3.8, 4) is 0 Å². The maximum Gasteiger partial charge on any atom is 0.209 e. The van der Waals surface area contributed by atoms with Crippen molar-refractivity contribution in [1.82, 2.24) is 9.55 Å². The average molecular weight is 387 g/mol. The Morgan fingerprint density at radius 2 is 1.71 bits per heavy atom. The lowest BCUT2D eigenvalue weighted by molar-refractivity contribution is 0.657. The van der Waals surface area contributed by atoms with Gasteiger partial charge in [0.05, 0.1) is 17.1 Å². The summed E-state index contributed by atoms with van der Waals surface area (Å²) in [5.41, 5.74) is 5.40. The summed E-state index contributed by atoms with van der Waals surface area (Å²) < 4.78 is 2.13. The topological polar surface area (TPSA) is 42.2 Å². The highest BCUT2D eigenvalue weighted by molar-refractivity contribution is 6.30. The van der Waals surface area contributed by atoms with Crippen molar-refractivity contribution in [2.75, 3.05) is 5.32 Å². The molecule has 1 aromatic heterocycles. The smallest absolute Gasteiger partial charge is 0.209 e. The Morgan fingerprint density at radius 3 is 2.50 bits per heavy atom. The molecule has 2 heterocycles. The molecule has 0 saturated heterocycles. The fourth-order valence-electron chi connectivity index (χ4n) is 3.60. The van der Waals surface area contributed by atoms with E-state index in [1.807, 2.05) is 42.5 Å². The van der Waals surface area contributed by atoms with Crippen molar-refractivity contribution in [1.29, 1.82) is 0 Å². The Morgan fingerprint density at radius 1 is 0.964 bits per heavy atom. The van der Waals surface area contributed by atoms with Gasteiger partial charge in [0.2, 0.25) is 5.96 Å². The molecule has 1 aliphatic heterocycles. The molecule has 0 bridgehead atoms. The van der Waals surface area contributed by atoms with E-state index in [1.54, 1.807) is 0 Å². The maximum atomic E-state index is 6.07. The van der Waals surface area contributed by atoms with Gasteiger partial charge < -0.3 is 5.32 Å². The lowest BCUT2D eigenvalue weighted by Crippen LogP contribution is -2.29. The Hall–Kier alpha value is -3.11. The van der Waals surface area contributed by atoms with Crippen molar-refractivity contribution in [3.63, 3.8) is 0 Å². The summed E-state index contributed by atoms with van der Waals surface area (Å²) in [7, 11) is 0. The van der Waals surface area contributed by atoms with E-state index in [4.69, 9.17) is 21.6 Å². The van der Waals surface area contributed by atoms with Crippen LogP contribution in [0.4, 0.5) is 5.69 Å². The maximum absolute atomic E-state index is 6.07. The second kappa shape index (κ2) is 6.80. The molecule has 3 aromatic carbocycles. The number of aryl methyl sites for hydroxylation is 1. The Balaban J connectivity index is 1.62. The Labute approximate surface area is 168 Å². The second-order valence-electron chi connectivity index (χ2n) is 7.07. The molecule has 0 amide bonds. The molecule has 0 saturated carbocycles. The summed E-state index contributed by atoms with van der Waals surface area (Å²) >= 11 is 6.07. The summed E-state index contributed by atoms with van der Waals surface area (Å²) in [6.07, 6.45) is 0.745. The van der Waals surface area contributed by atoms with E-state index < -0.39 is 0 Å². The standard InChI is InChI=1S/C23H19ClN4/c1-15-6-12-18(13-7-15)25-23-27-20(16-8-10-17(24)11-9-16)14-22-26-19-4-2-3-5-21(19)28(22)23/h2-13,20H,14H2,1H3,(H,25,27). The highest BCUT2D eigenvalue weighted by atomic mass is 35.5. The first kappa shape index (κ1) is 17.0. The van der Waals surface area contributed by atoms with Crippen LogP contribution in [0.3, 0.4) is 0 Å². The van der Waals surface area contributed by atoms with Crippen LogP contribution in [0.25, 0.3) is 11.0 Å². The molecular weight excluding hydrogens is 368 g/mol. The predicted octanol–water partition coefficient (Wildman–Crippen LogP) is 5.61. The monoisotopic (exact) mass is 386 g/mol. The highest BCUT2D eigenvalue weighted by Gasteiger charge is 2.25. The van der Waals surface area contributed by atoms with E-state index in [9.17, 15) is 0 Å². The number of fused-ring (bicyclic) bond motifs is 3. The van der Waals surface area contributed by atoms with Crippen LogP contribution in [-0.2, 0) is 6.42 Å². The molecule has 28 heavy (non-hydrogen) atoms. The zero-order chi connectivity index (χ0) is 19.1. The zero-order valence-electron chi connectivity index (χ0n) is 15.4. The van der Waals surface area contributed by atoms with Gasteiger partial charge in [0.1, 0.15) is 5.82 Å². The Bertz CT molecular complexity index is 1170. The molecule has 4 nitrogen and oxygen atoms in total. The summed E-state index contributed by atoms with van der Waals surface area (Å²) in [6.45, 7) is 2.08. The molecule has 0 aliphatic carbocycles. The van der Waals surface area contributed by atoms with Crippen molar-refractivity contribution in [3.05, 3.63) is 94.8 Å². The van der Waals surface area contributed by atoms with Crippen molar-refractivity contribution in [2.45, 2.75) is 19.4 Å². The molecule has 5 heteroatoms. The summed E-state index contributed by atoms with van der Waals surface area (Å²) in [6, 6.07) is 24.4. The molecule has 138 valence electrons. The Kier molecular flexibility index (Phi) is 4.14. The van der Waals surface area contributed by atoms with Crippen LogP contribution >= 0.6 is 11.6 Å². The van der Waals surface area contributed by atoms with E-state index in [0.717, 1.165) is 45.5 Å². The number of nitrogens with one attached hydrogen (secondary N) is 1. The minimum absolute atomic E-state index is 0.00507. The first-order valence-electron chi connectivity index (χ1n) is 9.31. The fourth-order valence-corrected chi connectivity index (χ4v) is 3.73. The molecule has 1 N–H and O–H groups in total. The number of aliphatic imine (C=N–C) groups is 1. The number of rotatable bonds is 2. The van der Waals surface area contributed by atoms with Gasteiger partial charge in [-0.05, 0) is 48.9 Å². The van der Waals surface area contributed by atoms with Crippen LogP contribution < -0.4 is 5.32 Å². The van der Waals surface area contributed by atoms with Crippen molar-refractivity contribution >= 4 is 34.3 Å². The molecule has 0 radical (unpaired) electrons. The number of anilines is 1. The molecule has 4 aromatic rings. The highest BCUT2D eigenvalue weighted by Crippen LogP contribution is 2.30. The molecule has 5 rings (SSSR count). The van der Waals surface area contributed by atoms with E-state index in [-0.39, 0.29) is 6.04 Å². The number of halogens is 1. The third-order valence-corrected chi connectivity index (χ3v) is 5.31. The molecule has 1 atom stereocenters. The van der Waals surface area contributed by atoms with E-state index in [1.165, 1.54) is 5.56 Å². The minimum atomic E-state index is -0.00507. The quantitative estimate of drug-likeness (QED) is 0.486. The van der Waals surface area contributed by atoms with Crippen LogP contribution in [0.5, 0.6) is 0 Å². The van der Waals surface area contributed by atoms with Gasteiger partial charge in [-0.2, -0.15) is 0 Å². The van der Waals surface area contributed by atoms with E-state index >= 15 is 0 Å². The van der Waals surface area contributed by atoms with E-state index in [2.05, 4.69) is 47.1 Å². The SMILES string of the molecule is Cc1ccc(NC2=NC(c3ccc(Cl)cc3)Cc3nc4ccccc4n32)cc1. The number of aromatic nitrogens is 2. The number of hydrogen-bond acceptors (Lipinski definition) is 3. The van der Waals surface area contributed by atoms with Gasteiger partial charge in [-0.25, -0.2) is 9.98 Å². The van der Waals surface area contributed by atoms with Crippen LogP contribution in [0.1, 0.15) is 23.0 Å². The van der Waals surface area contributed by atoms with Crippen molar-refractivity contribution in [2.24, 2.45) is 4.99 Å². The fraction of sp³-hybridized carbons (Fsp3) is 0.130. The summed E-state index contributed by atoms with van der Waals surface area (Å²) in [5.74, 6) is 1.80. The third kappa shape index (κ3) is 3.06. The van der Waals surface area contributed by atoms with Crippen molar-refractivity contribution < 1.29 is 0 Å². The number of hydrogen-bond donors (Lipinski definition) is 1. The lowest BCUT2D eigenvalue weighted by atomic mass is 10.0. The van der Waals surface area contributed by atoms with Crippen LogP contribution in [-0.4, -0.2) is 15.5 Å². The number of nitrogens with zero attached hydrogens (tertiary/aromatic N) is 3. The number of para-hydroxylation sites is 2. The summed E-state index contributed by atoms with van der Waals surface area (Å²) in [4.78, 5) is 9.92. The average Bonchev–Trinajstić information content (AvgIpc) is 3.09. The van der Waals surface area contributed by atoms with Gasteiger partial charge in [0, 0.05) is 17.1 Å². The van der Waals surface area contributed by atoms with Gasteiger partial charge >= 0.3 is 0 Å². The van der Waals surface area contributed by atoms with Gasteiger partial charge in [-0.1, -0.05) is 53.6 Å². The largest absolute Gasteiger partial charge is 0.326 e. The molecule has 0 spiro atoms. The van der Waals surface area contributed by atoms with Crippen LogP contribution in [0.15, 0.2) is 77.8 Å². The molecular formula is C23H19ClN4. The minimum Gasteiger partial charge on any atom is -0.326 e. The normalized spacial score (nSPS) is 15.9. The number of imidazole rings is 1. The van der Waals surface area contributed by atoms with Crippen LogP contribution in [0.2, 0.25) is 5.02 Å². The van der Waals surface area contributed by atoms with Crippen LogP contribution in [0, 0.1) is 6.92 Å². The summed E-state index contributed by atoms with van der Waals surface area (Å²) in [5, 5.41) is 4.23. The lowest BCUT2D eigenvalue weighted by Gasteiger charge is -2.24. The molecule has 0 fully saturated rings.